The van der Waals surface area contributed by atoms with Gasteiger partial charge in [0.2, 0.25) is 0 Å². The van der Waals surface area contributed by atoms with E-state index in [1.165, 1.54) is 0 Å². The third-order valence-electron chi connectivity index (χ3n) is 3.37. The van der Waals surface area contributed by atoms with E-state index >= 15 is 0 Å². The van der Waals surface area contributed by atoms with Crippen LogP contribution in [0.4, 0.5) is 22.0 Å². The Bertz CT molecular complexity index is 460. The average Bonchev–Trinajstić information content (AvgIpc) is 2.39. The summed E-state index contributed by atoms with van der Waals surface area (Å²) in [6.07, 6.45) is -4.64. The number of benzene rings is 1. The molecule has 1 atom stereocenters. The van der Waals surface area contributed by atoms with Gasteiger partial charge in [0.1, 0.15) is 12.5 Å². The first kappa shape index (κ1) is 18.1. The van der Waals surface area contributed by atoms with Crippen molar-refractivity contribution >= 4 is 12.4 Å². The molecule has 1 aromatic rings. The maximum absolute atomic E-state index is 13.4. The molecule has 21 heavy (non-hydrogen) atoms. The summed E-state index contributed by atoms with van der Waals surface area (Å²) in [5.74, 6) is -0.997. The van der Waals surface area contributed by atoms with E-state index in [4.69, 9.17) is 0 Å². The van der Waals surface area contributed by atoms with Crippen LogP contribution in [0.2, 0.25) is 0 Å². The molecule has 1 aliphatic rings. The van der Waals surface area contributed by atoms with Gasteiger partial charge in [-0.2, -0.15) is 13.2 Å². The quantitative estimate of drug-likeness (QED) is 0.856. The lowest BCUT2D eigenvalue weighted by molar-refractivity contribution is -0.137. The third kappa shape index (κ3) is 4.52. The van der Waals surface area contributed by atoms with Crippen molar-refractivity contribution in [2.45, 2.75) is 12.2 Å². The van der Waals surface area contributed by atoms with E-state index in [1.54, 1.807) is 4.90 Å². The highest BCUT2D eigenvalue weighted by molar-refractivity contribution is 5.85. The van der Waals surface area contributed by atoms with Gasteiger partial charge in [-0.3, -0.25) is 4.90 Å². The van der Waals surface area contributed by atoms with Crippen molar-refractivity contribution in [1.29, 1.82) is 0 Å². The van der Waals surface area contributed by atoms with Crippen LogP contribution < -0.4 is 5.32 Å². The zero-order valence-corrected chi connectivity index (χ0v) is 11.9. The van der Waals surface area contributed by atoms with Gasteiger partial charge in [0, 0.05) is 26.2 Å². The molecule has 0 saturated carbocycles. The van der Waals surface area contributed by atoms with E-state index in [9.17, 15) is 22.0 Å². The molecule has 0 spiro atoms. The van der Waals surface area contributed by atoms with Gasteiger partial charge in [0.05, 0.1) is 11.6 Å². The highest BCUT2D eigenvalue weighted by Crippen LogP contribution is 2.33. The molecule has 120 valence electrons. The molecule has 1 N–H and O–H groups in total. The standard InChI is InChI=1S/C13H15F5N2.ClH/c14-8-12(20-3-1-19-2-4-20)9-5-10(13(16,17)18)7-11(15)6-9;/h5-7,12,19H,1-4,8H2;1H/t12-;/m0./s1. The van der Waals surface area contributed by atoms with E-state index in [0.717, 1.165) is 12.1 Å². The highest BCUT2D eigenvalue weighted by atomic mass is 35.5. The fourth-order valence-electron chi connectivity index (χ4n) is 2.36. The summed E-state index contributed by atoms with van der Waals surface area (Å²) in [6.45, 7) is 1.47. The van der Waals surface area contributed by atoms with Crippen LogP contribution in [-0.2, 0) is 6.18 Å². The second-order valence-electron chi connectivity index (χ2n) is 4.73. The SMILES string of the molecule is Cl.FC[C@@H](c1cc(F)cc(C(F)(F)F)c1)N1CCNCC1. The summed E-state index contributed by atoms with van der Waals surface area (Å²) in [4.78, 5) is 1.73. The molecule has 2 rings (SSSR count). The van der Waals surface area contributed by atoms with E-state index < -0.39 is 30.3 Å². The third-order valence-corrected chi connectivity index (χ3v) is 3.37. The number of rotatable bonds is 3. The molecule has 0 aliphatic carbocycles. The largest absolute Gasteiger partial charge is 0.416 e. The van der Waals surface area contributed by atoms with Crippen LogP contribution in [0.15, 0.2) is 18.2 Å². The highest BCUT2D eigenvalue weighted by Gasteiger charge is 2.33. The van der Waals surface area contributed by atoms with Crippen molar-refractivity contribution in [3.8, 4) is 0 Å². The summed E-state index contributed by atoms with van der Waals surface area (Å²) in [7, 11) is 0. The summed E-state index contributed by atoms with van der Waals surface area (Å²) in [5, 5.41) is 3.07. The molecule has 1 saturated heterocycles. The lowest BCUT2D eigenvalue weighted by atomic mass is 10.0. The lowest BCUT2D eigenvalue weighted by Crippen LogP contribution is -2.45. The summed E-state index contributed by atoms with van der Waals surface area (Å²) in [6, 6.07) is 1.39. The average molecular weight is 331 g/mol. The number of alkyl halides is 4. The monoisotopic (exact) mass is 330 g/mol. The normalized spacial score (nSPS) is 18.1. The van der Waals surface area contributed by atoms with Gasteiger partial charge >= 0.3 is 6.18 Å². The molecule has 0 amide bonds. The minimum atomic E-state index is -4.64. The topological polar surface area (TPSA) is 15.3 Å². The molecule has 1 fully saturated rings. The molecular formula is C13H16ClF5N2. The van der Waals surface area contributed by atoms with E-state index in [0.29, 0.717) is 32.2 Å². The van der Waals surface area contributed by atoms with Crippen LogP contribution in [0.3, 0.4) is 0 Å². The number of halogens is 6. The van der Waals surface area contributed by atoms with Gasteiger partial charge in [-0.05, 0) is 23.8 Å². The Morgan fingerprint density at radius 3 is 2.29 bits per heavy atom. The van der Waals surface area contributed by atoms with Crippen LogP contribution in [0.25, 0.3) is 0 Å². The first-order valence-electron chi connectivity index (χ1n) is 6.30. The van der Waals surface area contributed by atoms with E-state index in [-0.39, 0.29) is 18.0 Å². The maximum atomic E-state index is 13.4. The number of nitrogens with zero attached hydrogens (tertiary/aromatic N) is 1. The van der Waals surface area contributed by atoms with Crippen LogP contribution in [-0.4, -0.2) is 37.8 Å². The van der Waals surface area contributed by atoms with Crippen LogP contribution in [0, 0.1) is 5.82 Å². The van der Waals surface area contributed by atoms with Crippen molar-refractivity contribution in [1.82, 2.24) is 10.2 Å². The van der Waals surface area contributed by atoms with Gasteiger partial charge in [0.15, 0.2) is 0 Å². The Hall–Kier alpha value is -0.920. The first-order chi connectivity index (χ1) is 9.41. The van der Waals surface area contributed by atoms with Crippen LogP contribution >= 0.6 is 12.4 Å². The zero-order chi connectivity index (χ0) is 14.8. The minimum Gasteiger partial charge on any atom is -0.314 e. The minimum absolute atomic E-state index is 0. The molecule has 0 aromatic heterocycles. The van der Waals surface area contributed by atoms with Crippen molar-refractivity contribution in [3.05, 3.63) is 35.1 Å². The molecule has 1 heterocycles. The smallest absolute Gasteiger partial charge is 0.314 e. The molecule has 0 bridgehead atoms. The predicted molar refractivity (Wildman–Crippen MR) is 71.8 cm³/mol. The van der Waals surface area contributed by atoms with Crippen LogP contribution in [0.5, 0.6) is 0 Å². The van der Waals surface area contributed by atoms with Gasteiger partial charge in [-0.15, -0.1) is 12.4 Å². The fourth-order valence-corrected chi connectivity index (χ4v) is 2.36. The number of hydrogen-bond donors (Lipinski definition) is 1. The molecule has 1 aliphatic heterocycles. The lowest BCUT2D eigenvalue weighted by Gasteiger charge is -2.33. The zero-order valence-electron chi connectivity index (χ0n) is 11.1. The van der Waals surface area contributed by atoms with Crippen molar-refractivity contribution in [2.75, 3.05) is 32.9 Å². The van der Waals surface area contributed by atoms with Crippen molar-refractivity contribution in [3.63, 3.8) is 0 Å². The maximum Gasteiger partial charge on any atom is 0.416 e. The molecule has 1 aromatic carbocycles. The Kier molecular flexibility index (Phi) is 6.37. The van der Waals surface area contributed by atoms with Gasteiger partial charge in [-0.25, -0.2) is 8.78 Å². The second-order valence-corrected chi connectivity index (χ2v) is 4.73. The summed E-state index contributed by atoms with van der Waals surface area (Å²) >= 11 is 0. The molecule has 2 nitrogen and oxygen atoms in total. The van der Waals surface area contributed by atoms with Crippen molar-refractivity contribution in [2.24, 2.45) is 0 Å². The fraction of sp³-hybridized carbons (Fsp3) is 0.538. The number of nitrogens with one attached hydrogen (secondary N) is 1. The Balaban J connectivity index is 0.00000220. The van der Waals surface area contributed by atoms with Crippen molar-refractivity contribution < 1.29 is 22.0 Å². The Labute approximate surface area is 125 Å². The summed E-state index contributed by atoms with van der Waals surface area (Å²) < 4.78 is 64.6. The first-order valence-corrected chi connectivity index (χ1v) is 6.30. The predicted octanol–water partition coefficient (Wildman–Crippen LogP) is 3.18. The van der Waals surface area contributed by atoms with E-state index in [1.807, 2.05) is 0 Å². The van der Waals surface area contributed by atoms with E-state index in [2.05, 4.69) is 5.32 Å². The van der Waals surface area contributed by atoms with Crippen LogP contribution in [0.1, 0.15) is 17.2 Å². The number of piperazine rings is 1. The molecular weight excluding hydrogens is 315 g/mol. The summed E-state index contributed by atoms with van der Waals surface area (Å²) in [5.41, 5.74) is -1.05. The van der Waals surface area contributed by atoms with Gasteiger partial charge in [-0.1, -0.05) is 0 Å². The van der Waals surface area contributed by atoms with Gasteiger partial charge in [0.25, 0.3) is 0 Å². The molecule has 0 unspecified atom stereocenters. The Morgan fingerprint density at radius 1 is 1.14 bits per heavy atom. The van der Waals surface area contributed by atoms with Gasteiger partial charge < -0.3 is 5.32 Å². The molecule has 0 radical (unpaired) electrons. The molecule has 8 heteroatoms. The number of hydrogen-bond acceptors (Lipinski definition) is 2. The Morgan fingerprint density at radius 2 is 1.76 bits per heavy atom. The second kappa shape index (κ2) is 7.38.